The molecule has 0 saturated carbocycles. The van der Waals surface area contributed by atoms with Crippen molar-refractivity contribution in [2.75, 3.05) is 6.54 Å². The van der Waals surface area contributed by atoms with Crippen LogP contribution in [0.5, 0.6) is 5.75 Å². The molecule has 4 nitrogen and oxygen atoms in total. The molecule has 2 N–H and O–H groups in total. The van der Waals surface area contributed by atoms with Gasteiger partial charge in [0.1, 0.15) is 12.4 Å². The zero-order valence-corrected chi connectivity index (χ0v) is 10.9. The van der Waals surface area contributed by atoms with Crippen LogP contribution in [0.2, 0.25) is 0 Å². The van der Waals surface area contributed by atoms with Crippen molar-refractivity contribution < 1.29 is 4.74 Å². The predicted octanol–water partition coefficient (Wildman–Crippen LogP) is 1.81. The van der Waals surface area contributed by atoms with Crippen LogP contribution in [0.15, 0.2) is 30.3 Å². The van der Waals surface area contributed by atoms with Crippen LogP contribution in [0.25, 0.3) is 0 Å². The van der Waals surface area contributed by atoms with Crippen LogP contribution in [-0.2, 0) is 20.1 Å². The fraction of sp³-hybridized carbons (Fsp3) is 0.357. The lowest BCUT2D eigenvalue weighted by Gasteiger charge is -2.10. The Morgan fingerprint density at radius 2 is 2.11 bits per heavy atom. The summed E-state index contributed by atoms with van der Waals surface area (Å²) in [6.07, 6.45) is 0.834. The lowest BCUT2D eigenvalue weighted by Crippen LogP contribution is -2.07. The van der Waals surface area contributed by atoms with Gasteiger partial charge in [-0.3, -0.25) is 4.68 Å². The van der Waals surface area contributed by atoms with Crippen LogP contribution in [0.3, 0.4) is 0 Å². The summed E-state index contributed by atoms with van der Waals surface area (Å²) >= 11 is 0. The lowest BCUT2D eigenvalue weighted by atomic mass is 10.1. The van der Waals surface area contributed by atoms with Gasteiger partial charge in [-0.25, -0.2) is 0 Å². The standard InChI is InChI=1S/C14H19N3O/c1-11-9-13(17(2)16-11)10-18-14-6-4-3-5-12(14)7-8-15/h3-6,9H,7-8,10,15H2,1-2H3. The molecule has 0 radical (unpaired) electrons. The summed E-state index contributed by atoms with van der Waals surface area (Å²) < 4.78 is 7.70. The summed E-state index contributed by atoms with van der Waals surface area (Å²) in [5.41, 5.74) is 8.82. The van der Waals surface area contributed by atoms with Gasteiger partial charge >= 0.3 is 0 Å². The van der Waals surface area contributed by atoms with E-state index in [4.69, 9.17) is 10.5 Å². The SMILES string of the molecule is Cc1cc(COc2ccccc2CCN)n(C)n1. The van der Waals surface area contributed by atoms with E-state index >= 15 is 0 Å². The Hall–Kier alpha value is -1.81. The third kappa shape index (κ3) is 2.90. The Labute approximate surface area is 107 Å². The quantitative estimate of drug-likeness (QED) is 0.874. The van der Waals surface area contributed by atoms with Crippen molar-refractivity contribution in [1.82, 2.24) is 9.78 Å². The number of benzene rings is 1. The van der Waals surface area contributed by atoms with Crippen LogP contribution in [-0.4, -0.2) is 16.3 Å². The third-order valence-electron chi connectivity index (χ3n) is 2.86. The summed E-state index contributed by atoms with van der Waals surface area (Å²) in [7, 11) is 1.93. The van der Waals surface area contributed by atoms with Gasteiger partial charge in [-0.1, -0.05) is 18.2 Å². The largest absolute Gasteiger partial charge is 0.487 e. The zero-order chi connectivity index (χ0) is 13.0. The summed E-state index contributed by atoms with van der Waals surface area (Å²) in [5, 5.41) is 4.30. The average molecular weight is 245 g/mol. The second-order valence-corrected chi connectivity index (χ2v) is 4.34. The molecule has 1 aromatic heterocycles. The summed E-state index contributed by atoms with van der Waals surface area (Å²) in [5.74, 6) is 0.904. The molecular weight excluding hydrogens is 226 g/mol. The smallest absolute Gasteiger partial charge is 0.130 e. The van der Waals surface area contributed by atoms with E-state index < -0.39 is 0 Å². The number of ether oxygens (including phenoxy) is 1. The van der Waals surface area contributed by atoms with Crippen molar-refractivity contribution in [2.45, 2.75) is 20.0 Å². The highest BCUT2D eigenvalue weighted by molar-refractivity contribution is 5.33. The maximum Gasteiger partial charge on any atom is 0.130 e. The molecular formula is C14H19N3O. The van der Waals surface area contributed by atoms with Gasteiger partial charge in [-0.05, 0) is 37.6 Å². The molecule has 0 spiro atoms. The van der Waals surface area contributed by atoms with Gasteiger partial charge in [0.2, 0.25) is 0 Å². The Kier molecular flexibility index (Phi) is 3.99. The first-order valence-electron chi connectivity index (χ1n) is 6.11. The van der Waals surface area contributed by atoms with Crippen LogP contribution in [0.1, 0.15) is 17.0 Å². The van der Waals surface area contributed by atoms with Crippen molar-refractivity contribution in [3.8, 4) is 5.75 Å². The number of aromatic nitrogens is 2. The number of hydrogen-bond acceptors (Lipinski definition) is 3. The molecule has 0 aliphatic heterocycles. The van der Waals surface area contributed by atoms with Gasteiger partial charge in [-0.15, -0.1) is 0 Å². The van der Waals surface area contributed by atoms with Crippen molar-refractivity contribution in [3.05, 3.63) is 47.3 Å². The van der Waals surface area contributed by atoms with E-state index in [0.717, 1.165) is 29.1 Å². The number of nitrogens with zero attached hydrogens (tertiary/aromatic N) is 2. The molecule has 0 atom stereocenters. The summed E-state index contributed by atoms with van der Waals surface area (Å²) in [6, 6.07) is 10.0. The van der Waals surface area contributed by atoms with E-state index in [1.54, 1.807) is 0 Å². The molecule has 1 heterocycles. The lowest BCUT2D eigenvalue weighted by molar-refractivity contribution is 0.292. The van der Waals surface area contributed by atoms with E-state index in [1.165, 1.54) is 0 Å². The van der Waals surface area contributed by atoms with E-state index in [1.807, 2.05) is 42.9 Å². The van der Waals surface area contributed by atoms with Crippen LogP contribution in [0.4, 0.5) is 0 Å². The molecule has 0 unspecified atom stereocenters. The maximum absolute atomic E-state index is 5.85. The van der Waals surface area contributed by atoms with E-state index in [0.29, 0.717) is 13.2 Å². The van der Waals surface area contributed by atoms with E-state index in [2.05, 4.69) is 11.2 Å². The average Bonchev–Trinajstić information content (AvgIpc) is 2.67. The monoisotopic (exact) mass is 245 g/mol. The highest BCUT2D eigenvalue weighted by Gasteiger charge is 2.05. The molecule has 0 aliphatic rings. The van der Waals surface area contributed by atoms with Gasteiger partial charge in [-0.2, -0.15) is 5.10 Å². The minimum atomic E-state index is 0.527. The Bertz CT molecular complexity index is 520. The Morgan fingerprint density at radius 1 is 1.33 bits per heavy atom. The number of nitrogens with two attached hydrogens (primary N) is 1. The predicted molar refractivity (Wildman–Crippen MR) is 71.5 cm³/mol. The molecule has 2 rings (SSSR count). The first kappa shape index (κ1) is 12.6. The minimum absolute atomic E-state index is 0.527. The molecule has 18 heavy (non-hydrogen) atoms. The molecule has 4 heteroatoms. The van der Waals surface area contributed by atoms with Crippen molar-refractivity contribution >= 4 is 0 Å². The van der Waals surface area contributed by atoms with Gasteiger partial charge in [0, 0.05) is 7.05 Å². The first-order valence-corrected chi connectivity index (χ1v) is 6.11. The van der Waals surface area contributed by atoms with Gasteiger partial charge in [0.05, 0.1) is 11.4 Å². The number of rotatable bonds is 5. The topological polar surface area (TPSA) is 53.1 Å². The number of hydrogen-bond donors (Lipinski definition) is 1. The van der Waals surface area contributed by atoms with Crippen molar-refractivity contribution in [1.29, 1.82) is 0 Å². The third-order valence-corrected chi connectivity index (χ3v) is 2.86. The minimum Gasteiger partial charge on any atom is -0.487 e. The number of aryl methyl sites for hydroxylation is 2. The van der Waals surface area contributed by atoms with Crippen LogP contribution in [0, 0.1) is 6.92 Å². The maximum atomic E-state index is 5.85. The molecule has 0 saturated heterocycles. The molecule has 0 amide bonds. The molecule has 0 bridgehead atoms. The molecule has 0 fully saturated rings. The summed E-state index contributed by atoms with van der Waals surface area (Å²) in [4.78, 5) is 0. The highest BCUT2D eigenvalue weighted by Crippen LogP contribution is 2.19. The van der Waals surface area contributed by atoms with E-state index in [9.17, 15) is 0 Å². The first-order chi connectivity index (χ1) is 8.70. The second-order valence-electron chi connectivity index (χ2n) is 4.34. The normalized spacial score (nSPS) is 10.6. The van der Waals surface area contributed by atoms with Crippen molar-refractivity contribution in [3.63, 3.8) is 0 Å². The molecule has 1 aromatic carbocycles. The van der Waals surface area contributed by atoms with Gasteiger partial charge < -0.3 is 10.5 Å². The van der Waals surface area contributed by atoms with Gasteiger partial charge in [0.25, 0.3) is 0 Å². The van der Waals surface area contributed by atoms with Crippen molar-refractivity contribution in [2.24, 2.45) is 12.8 Å². The van der Waals surface area contributed by atoms with Crippen LogP contribution < -0.4 is 10.5 Å². The second kappa shape index (κ2) is 5.69. The van der Waals surface area contributed by atoms with Crippen LogP contribution >= 0.6 is 0 Å². The van der Waals surface area contributed by atoms with Gasteiger partial charge in [0.15, 0.2) is 0 Å². The zero-order valence-electron chi connectivity index (χ0n) is 10.9. The summed E-state index contributed by atoms with van der Waals surface area (Å²) in [6.45, 7) is 3.13. The number of para-hydroxylation sites is 1. The Morgan fingerprint density at radius 3 is 2.78 bits per heavy atom. The fourth-order valence-corrected chi connectivity index (χ4v) is 1.96. The highest BCUT2D eigenvalue weighted by atomic mass is 16.5. The molecule has 0 aliphatic carbocycles. The molecule has 96 valence electrons. The molecule has 2 aromatic rings. The fourth-order valence-electron chi connectivity index (χ4n) is 1.96. The van der Waals surface area contributed by atoms with E-state index in [-0.39, 0.29) is 0 Å². The Balaban J connectivity index is 2.08.